The molecule has 2 aromatic rings. The van der Waals surface area contributed by atoms with Gasteiger partial charge in [-0.25, -0.2) is 9.78 Å². The maximum atomic E-state index is 11.9. The lowest BCUT2D eigenvalue weighted by Gasteiger charge is -2.12. The van der Waals surface area contributed by atoms with E-state index >= 15 is 0 Å². The molecular weight excluding hydrogens is 270 g/mol. The second-order valence-electron chi connectivity index (χ2n) is 5.16. The fourth-order valence-electron chi connectivity index (χ4n) is 2.61. The molecule has 0 spiro atoms. The fourth-order valence-corrected chi connectivity index (χ4v) is 2.61. The maximum Gasteiger partial charge on any atom is 0.320 e. The van der Waals surface area contributed by atoms with E-state index in [1.165, 1.54) is 12.8 Å². The zero-order valence-electron chi connectivity index (χ0n) is 12.0. The van der Waals surface area contributed by atoms with Crippen molar-refractivity contribution in [3.8, 4) is 5.88 Å². The van der Waals surface area contributed by atoms with Crippen LogP contribution in [0.3, 0.4) is 0 Å². The van der Waals surface area contributed by atoms with Crippen LogP contribution in [0.4, 0.5) is 10.6 Å². The second kappa shape index (κ2) is 5.99. The van der Waals surface area contributed by atoms with Crippen LogP contribution < -0.4 is 15.4 Å². The first kappa shape index (κ1) is 13.7. The Hall–Kier alpha value is -2.31. The number of anilines is 1. The molecule has 2 amide bonds. The average Bonchev–Trinajstić information content (AvgIpc) is 3.09. The number of nitrogens with zero attached hydrogens (tertiary/aromatic N) is 2. The summed E-state index contributed by atoms with van der Waals surface area (Å²) >= 11 is 0. The molecule has 0 radical (unpaired) electrons. The van der Waals surface area contributed by atoms with E-state index < -0.39 is 0 Å². The SMILES string of the molecule is CCOc1n[nH]c2cc(NC(=O)NC3CCCC3)ncc12. The average molecular weight is 289 g/mol. The van der Waals surface area contributed by atoms with Gasteiger partial charge in [0, 0.05) is 18.3 Å². The molecule has 1 fully saturated rings. The van der Waals surface area contributed by atoms with Crippen molar-refractivity contribution in [2.45, 2.75) is 38.6 Å². The predicted molar refractivity (Wildman–Crippen MR) is 79.5 cm³/mol. The van der Waals surface area contributed by atoms with E-state index in [9.17, 15) is 4.79 Å². The molecule has 3 N–H and O–H groups in total. The van der Waals surface area contributed by atoms with Crippen LogP contribution in [0.1, 0.15) is 32.6 Å². The van der Waals surface area contributed by atoms with E-state index in [0.29, 0.717) is 18.3 Å². The summed E-state index contributed by atoms with van der Waals surface area (Å²) in [6, 6.07) is 1.82. The number of urea groups is 1. The Morgan fingerprint density at radius 3 is 3.05 bits per heavy atom. The first-order valence-electron chi connectivity index (χ1n) is 7.30. The van der Waals surface area contributed by atoms with E-state index in [0.717, 1.165) is 23.7 Å². The summed E-state index contributed by atoms with van der Waals surface area (Å²) in [5, 5.41) is 13.5. The third-order valence-electron chi connectivity index (χ3n) is 3.63. The molecule has 1 aliphatic rings. The van der Waals surface area contributed by atoms with Crippen LogP contribution in [0.15, 0.2) is 12.3 Å². The Morgan fingerprint density at radius 1 is 1.48 bits per heavy atom. The zero-order valence-corrected chi connectivity index (χ0v) is 12.0. The minimum absolute atomic E-state index is 0.210. The molecule has 1 aliphatic carbocycles. The molecule has 112 valence electrons. The lowest BCUT2D eigenvalue weighted by molar-refractivity contribution is 0.248. The van der Waals surface area contributed by atoms with Crippen LogP contribution in [-0.4, -0.2) is 33.9 Å². The Kier molecular flexibility index (Phi) is 3.89. The van der Waals surface area contributed by atoms with E-state index in [1.807, 2.05) is 6.92 Å². The Bertz CT molecular complexity index is 633. The normalized spacial score (nSPS) is 15.3. The lowest BCUT2D eigenvalue weighted by atomic mass is 10.2. The molecule has 2 heterocycles. The van der Waals surface area contributed by atoms with Gasteiger partial charge in [0.05, 0.1) is 17.5 Å². The highest BCUT2D eigenvalue weighted by atomic mass is 16.5. The van der Waals surface area contributed by atoms with Gasteiger partial charge in [-0.2, -0.15) is 0 Å². The fraction of sp³-hybridized carbons (Fsp3) is 0.500. The summed E-state index contributed by atoms with van der Waals surface area (Å²) in [5.41, 5.74) is 0.782. The molecule has 0 bridgehead atoms. The van der Waals surface area contributed by atoms with Gasteiger partial charge in [-0.1, -0.05) is 12.8 Å². The summed E-state index contributed by atoms with van der Waals surface area (Å²) in [4.78, 5) is 16.1. The predicted octanol–water partition coefficient (Wildman–Crippen LogP) is 2.42. The summed E-state index contributed by atoms with van der Waals surface area (Å²) in [6.07, 6.45) is 6.12. The number of ether oxygens (including phenoxy) is 1. The second-order valence-corrected chi connectivity index (χ2v) is 5.16. The van der Waals surface area contributed by atoms with Crippen LogP contribution >= 0.6 is 0 Å². The van der Waals surface area contributed by atoms with Gasteiger partial charge in [0.25, 0.3) is 0 Å². The van der Waals surface area contributed by atoms with Gasteiger partial charge in [-0.05, 0) is 19.8 Å². The first-order chi connectivity index (χ1) is 10.3. The Balaban J connectivity index is 1.67. The number of nitrogens with one attached hydrogen (secondary N) is 3. The van der Waals surface area contributed by atoms with Crippen molar-refractivity contribution >= 4 is 22.8 Å². The number of hydrogen-bond donors (Lipinski definition) is 3. The van der Waals surface area contributed by atoms with Crippen molar-refractivity contribution in [2.75, 3.05) is 11.9 Å². The molecule has 0 aliphatic heterocycles. The van der Waals surface area contributed by atoms with Crippen molar-refractivity contribution in [3.05, 3.63) is 12.3 Å². The minimum Gasteiger partial charge on any atom is -0.476 e. The van der Waals surface area contributed by atoms with Crippen molar-refractivity contribution in [1.82, 2.24) is 20.5 Å². The molecular formula is C14H19N5O2. The number of H-pyrrole nitrogens is 1. The molecule has 0 aromatic carbocycles. The number of carbonyl (C=O) groups excluding carboxylic acids is 1. The number of aromatic amines is 1. The number of aromatic nitrogens is 3. The van der Waals surface area contributed by atoms with Gasteiger partial charge < -0.3 is 10.1 Å². The van der Waals surface area contributed by atoms with E-state index in [1.54, 1.807) is 12.3 Å². The van der Waals surface area contributed by atoms with Crippen molar-refractivity contribution < 1.29 is 9.53 Å². The van der Waals surface area contributed by atoms with Crippen LogP contribution in [0.25, 0.3) is 10.9 Å². The third-order valence-corrected chi connectivity index (χ3v) is 3.63. The zero-order chi connectivity index (χ0) is 14.7. The Labute approximate surface area is 122 Å². The number of fused-ring (bicyclic) bond motifs is 1. The highest BCUT2D eigenvalue weighted by Crippen LogP contribution is 2.23. The van der Waals surface area contributed by atoms with Gasteiger partial charge in [-0.3, -0.25) is 10.4 Å². The standard InChI is InChI=1S/C14H19N5O2/c1-2-21-13-10-8-15-12(7-11(10)18-19-13)17-14(20)16-9-5-3-4-6-9/h7-9H,2-6H2,1H3,(H,18,19)(H2,15,16,17,20). The van der Waals surface area contributed by atoms with Crippen molar-refractivity contribution in [1.29, 1.82) is 0 Å². The lowest BCUT2D eigenvalue weighted by Crippen LogP contribution is -2.36. The highest BCUT2D eigenvalue weighted by Gasteiger charge is 2.17. The van der Waals surface area contributed by atoms with Gasteiger partial charge in [0.1, 0.15) is 5.82 Å². The molecule has 7 heteroatoms. The van der Waals surface area contributed by atoms with Crippen LogP contribution in [-0.2, 0) is 0 Å². The molecule has 0 saturated heterocycles. The number of carbonyl (C=O) groups is 1. The number of amides is 2. The minimum atomic E-state index is -0.210. The largest absolute Gasteiger partial charge is 0.476 e. The van der Waals surface area contributed by atoms with Crippen molar-refractivity contribution in [3.63, 3.8) is 0 Å². The van der Waals surface area contributed by atoms with E-state index in [2.05, 4.69) is 25.8 Å². The summed E-state index contributed by atoms with van der Waals surface area (Å²) in [7, 11) is 0. The molecule has 3 rings (SSSR count). The molecule has 2 aromatic heterocycles. The number of pyridine rings is 1. The quantitative estimate of drug-likeness (QED) is 0.806. The monoisotopic (exact) mass is 289 g/mol. The summed E-state index contributed by atoms with van der Waals surface area (Å²) in [5.74, 6) is 1.02. The van der Waals surface area contributed by atoms with E-state index in [-0.39, 0.29) is 12.1 Å². The van der Waals surface area contributed by atoms with Gasteiger partial charge in [0.2, 0.25) is 5.88 Å². The third kappa shape index (κ3) is 3.07. The van der Waals surface area contributed by atoms with Crippen molar-refractivity contribution in [2.24, 2.45) is 0 Å². The smallest absolute Gasteiger partial charge is 0.320 e. The van der Waals surface area contributed by atoms with Crippen LogP contribution in [0.2, 0.25) is 0 Å². The molecule has 0 unspecified atom stereocenters. The summed E-state index contributed by atoms with van der Waals surface area (Å²) < 4.78 is 5.39. The van der Waals surface area contributed by atoms with Crippen LogP contribution in [0.5, 0.6) is 5.88 Å². The number of rotatable bonds is 4. The highest BCUT2D eigenvalue weighted by molar-refractivity contribution is 5.92. The maximum absolute atomic E-state index is 11.9. The Morgan fingerprint density at radius 2 is 2.29 bits per heavy atom. The van der Waals surface area contributed by atoms with Gasteiger partial charge in [0.15, 0.2) is 0 Å². The molecule has 7 nitrogen and oxygen atoms in total. The van der Waals surface area contributed by atoms with Crippen LogP contribution in [0, 0.1) is 0 Å². The topological polar surface area (TPSA) is 91.9 Å². The van der Waals surface area contributed by atoms with E-state index in [4.69, 9.17) is 4.74 Å². The number of hydrogen-bond acceptors (Lipinski definition) is 4. The summed E-state index contributed by atoms with van der Waals surface area (Å²) in [6.45, 7) is 2.45. The molecule has 0 atom stereocenters. The van der Waals surface area contributed by atoms with Gasteiger partial charge >= 0.3 is 6.03 Å². The van der Waals surface area contributed by atoms with Gasteiger partial charge in [-0.15, -0.1) is 5.10 Å². The molecule has 21 heavy (non-hydrogen) atoms. The molecule has 1 saturated carbocycles. The first-order valence-corrected chi connectivity index (χ1v) is 7.30.